The highest BCUT2D eigenvalue weighted by atomic mass is 79.9. The molecule has 1 N–H and O–H groups in total. The first-order chi connectivity index (χ1) is 7.30. The number of sulfone groups is 1. The number of rotatable bonds is 5. The molecule has 90 valence electrons. The van der Waals surface area contributed by atoms with Gasteiger partial charge in [0, 0.05) is 14.7 Å². The van der Waals surface area contributed by atoms with Gasteiger partial charge in [-0.05, 0) is 22.0 Å². The van der Waals surface area contributed by atoms with Gasteiger partial charge in [0.05, 0.1) is 17.4 Å². The van der Waals surface area contributed by atoms with Crippen LogP contribution in [0.2, 0.25) is 0 Å². The lowest BCUT2D eigenvalue weighted by Crippen LogP contribution is -2.21. The van der Waals surface area contributed by atoms with Gasteiger partial charge in [-0.2, -0.15) is 0 Å². The fourth-order valence-corrected chi connectivity index (χ4v) is 4.74. The maximum absolute atomic E-state index is 11.7. The summed E-state index contributed by atoms with van der Waals surface area (Å²) in [6, 6.07) is 1.73. The highest BCUT2D eigenvalue weighted by Crippen LogP contribution is 2.22. The molecule has 1 atom stereocenters. The maximum atomic E-state index is 11.7. The van der Waals surface area contributed by atoms with Crippen molar-refractivity contribution >= 4 is 43.1 Å². The maximum Gasteiger partial charge on any atom is 0.307 e. The number of thiophene rings is 1. The van der Waals surface area contributed by atoms with E-state index < -0.39 is 21.7 Å². The second-order valence-electron chi connectivity index (χ2n) is 3.53. The number of carboxylic acids is 1. The Labute approximate surface area is 106 Å². The van der Waals surface area contributed by atoms with E-state index in [1.807, 2.05) is 0 Å². The molecule has 0 saturated carbocycles. The molecule has 0 aliphatic heterocycles. The van der Waals surface area contributed by atoms with Crippen molar-refractivity contribution in [3.8, 4) is 0 Å². The average Bonchev–Trinajstić information content (AvgIpc) is 2.48. The number of hydrogen-bond donors (Lipinski definition) is 1. The van der Waals surface area contributed by atoms with E-state index in [2.05, 4.69) is 15.9 Å². The molecule has 0 aromatic carbocycles. The number of halogens is 1. The van der Waals surface area contributed by atoms with Gasteiger partial charge in [-0.25, -0.2) is 8.42 Å². The first-order valence-electron chi connectivity index (χ1n) is 4.46. The third-order valence-corrected chi connectivity index (χ3v) is 5.55. The SMILES string of the molecule is CC(CS(=O)(=O)Cc1cc(Br)cs1)C(=O)O. The van der Waals surface area contributed by atoms with E-state index >= 15 is 0 Å². The van der Waals surface area contributed by atoms with E-state index in [4.69, 9.17) is 5.11 Å². The Morgan fingerprint density at radius 3 is 2.69 bits per heavy atom. The zero-order chi connectivity index (χ0) is 12.3. The van der Waals surface area contributed by atoms with Gasteiger partial charge < -0.3 is 5.11 Å². The summed E-state index contributed by atoms with van der Waals surface area (Å²) in [7, 11) is -3.36. The lowest BCUT2D eigenvalue weighted by molar-refractivity contribution is -0.140. The van der Waals surface area contributed by atoms with E-state index in [-0.39, 0.29) is 11.5 Å². The fraction of sp³-hybridized carbons (Fsp3) is 0.444. The second-order valence-corrected chi connectivity index (χ2v) is 7.55. The van der Waals surface area contributed by atoms with Crippen LogP contribution >= 0.6 is 27.3 Å². The molecule has 1 rings (SSSR count). The molecular formula is C9H11BrO4S2. The third-order valence-electron chi connectivity index (χ3n) is 1.91. The minimum atomic E-state index is -3.36. The molecule has 1 aromatic heterocycles. The summed E-state index contributed by atoms with van der Waals surface area (Å²) in [5.41, 5.74) is 0. The third kappa shape index (κ3) is 4.23. The zero-order valence-electron chi connectivity index (χ0n) is 8.51. The Bertz CT molecular complexity index is 477. The molecule has 4 nitrogen and oxygen atoms in total. The van der Waals surface area contributed by atoms with E-state index in [0.717, 1.165) is 4.47 Å². The lowest BCUT2D eigenvalue weighted by atomic mass is 10.2. The minimum Gasteiger partial charge on any atom is -0.481 e. The minimum absolute atomic E-state index is 0.0963. The molecule has 0 spiro atoms. The molecule has 16 heavy (non-hydrogen) atoms. The molecule has 0 radical (unpaired) electrons. The van der Waals surface area contributed by atoms with Crippen LogP contribution in [-0.4, -0.2) is 25.2 Å². The van der Waals surface area contributed by atoms with Crippen LogP contribution in [0.25, 0.3) is 0 Å². The molecule has 7 heteroatoms. The number of carbonyl (C=O) groups is 1. The van der Waals surface area contributed by atoms with Crippen LogP contribution in [0.4, 0.5) is 0 Å². The molecule has 0 aliphatic rings. The molecule has 0 bridgehead atoms. The topological polar surface area (TPSA) is 71.4 Å². The summed E-state index contributed by atoms with van der Waals surface area (Å²) < 4.78 is 24.1. The summed E-state index contributed by atoms with van der Waals surface area (Å²) in [5.74, 6) is -2.37. The van der Waals surface area contributed by atoms with Crippen molar-refractivity contribution in [2.75, 3.05) is 5.75 Å². The molecule has 0 aliphatic carbocycles. The number of aliphatic carboxylic acids is 1. The summed E-state index contributed by atoms with van der Waals surface area (Å²) in [5, 5.41) is 10.4. The smallest absolute Gasteiger partial charge is 0.307 e. The van der Waals surface area contributed by atoms with E-state index in [1.165, 1.54) is 18.3 Å². The fourth-order valence-electron chi connectivity index (χ4n) is 1.16. The second kappa shape index (κ2) is 5.29. The van der Waals surface area contributed by atoms with E-state index in [9.17, 15) is 13.2 Å². The number of hydrogen-bond acceptors (Lipinski definition) is 4. The van der Waals surface area contributed by atoms with E-state index in [1.54, 1.807) is 11.4 Å². The van der Waals surface area contributed by atoms with Gasteiger partial charge in [0.1, 0.15) is 0 Å². The van der Waals surface area contributed by atoms with Crippen LogP contribution < -0.4 is 0 Å². The normalized spacial score (nSPS) is 13.6. The summed E-state index contributed by atoms with van der Waals surface area (Å²) in [4.78, 5) is 11.3. The largest absolute Gasteiger partial charge is 0.481 e. The zero-order valence-corrected chi connectivity index (χ0v) is 11.7. The lowest BCUT2D eigenvalue weighted by Gasteiger charge is -2.06. The molecular weight excluding hydrogens is 316 g/mol. The van der Waals surface area contributed by atoms with Crippen molar-refractivity contribution < 1.29 is 18.3 Å². The Morgan fingerprint density at radius 2 is 2.25 bits per heavy atom. The van der Waals surface area contributed by atoms with Crippen LogP contribution in [0.15, 0.2) is 15.9 Å². The van der Waals surface area contributed by atoms with Crippen molar-refractivity contribution in [2.45, 2.75) is 12.7 Å². The number of carboxylic acid groups (broad SMARTS) is 1. The van der Waals surface area contributed by atoms with Crippen LogP contribution in [0, 0.1) is 5.92 Å². The molecule has 1 unspecified atom stereocenters. The van der Waals surface area contributed by atoms with Gasteiger partial charge in [-0.3, -0.25) is 4.79 Å². The molecule has 1 aromatic rings. The Balaban J connectivity index is 2.69. The molecule has 0 saturated heterocycles. The van der Waals surface area contributed by atoms with Gasteiger partial charge in [-0.1, -0.05) is 6.92 Å². The summed E-state index contributed by atoms with van der Waals surface area (Å²) in [6.45, 7) is 1.39. The van der Waals surface area contributed by atoms with Gasteiger partial charge in [0.15, 0.2) is 9.84 Å². The van der Waals surface area contributed by atoms with Gasteiger partial charge >= 0.3 is 5.97 Å². The Morgan fingerprint density at radius 1 is 1.62 bits per heavy atom. The Kier molecular flexibility index (Phi) is 4.52. The van der Waals surface area contributed by atoms with Crippen LogP contribution in [-0.2, 0) is 20.4 Å². The standard InChI is InChI=1S/C9H11BrO4S2/c1-6(9(11)12)4-16(13,14)5-8-2-7(10)3-15-8/h2-3,6H,4-5H2,1H3,(H,11,12). The van der Waals surface area contributed by atoms with Gasteiger partial charge in [0.25, 0.3) is 0 Å². The predicted octanol–water partition coefficient (Wildman–Crippen LogP) is 2.15. The first kappa shape index (κ1) is 13.7. The molecule has 0 amide bonds. The first-order valence-corrected chi connectivity index (χ1v) is 7.96. The van der Waals surface area contributed by atoms with Crippen molar-refractivity contribution in [3.05, 3.63) is 20.8 Å². The summed E-state index contributed by atoms with van der Waals surface area (Å²) in [6.07, 6.45) is 0. The van der Waals surface area contributed by atoms with Gasteiger partial charge in [-0.15, -0.1) is 11.3 Å². The monoisotopic (exact) mass is 326 g/mol. The van der Waals surface area contributed by atoms with E-state index in [0.29, 0.717) is 4.88 Å². The Hall–Kier alpha value is -0.400. The van der Waals surface area contributed by atoms with Crippen LogP contribution in [0.1, 0.15) is 11.8 Å². The molecule has 1 heterocycles. The van der Waals surface area contributed by atoms with Gasteiger partial charge in [0.2, 0.25) is 0 Å². The van der Waals surface area contributed by atoms with Crippen molar-refractivity contribution in [1.82, 2.24) is 0 Å². The summed E-state index contributed by atoms with van der Waals surface area (Å²) >= 11 is 4.57. The van der Waals surface area contributed by atoms with Crippen LogP contribution in [0.5, 0.6) is 0 Å². The highest BCUT2D eigenvalue weighted by molar-refractivity contribution is 9.10. The van der Waals surface area contributed by atoms with Crippen molar-refractivity contribution in [3.63, 3.8) is 0 Å². The van der Waals surface area contributed by atoms with Crippen molar-refractivity contribution in [2.24, 2.45) is 5.92 Å². The highest BCUT2D eigenvalue weighted by Gasteiger charge is 2.21. The quantitative estimate of drug-likeness (QED) is 0.899. The van der Waals surface area contributed by atoms with Crippen molar-refractivity contribution in [1.29, 1.82) is 0 Å². The van der Waals surface area contributed by atoms with Crippen LogP contribution in [0.3, 0.4) is 0 Å². The molecule has 0 fully saturated rings. The average molecular weight is 327 g/mol. The predicted molar refractivity (Wildman–Crippen MR) is 66.3 cm³/mol.